The highest BCUT2D eigenvalue weighted by molar-refractivity contribution is 5.99. The van der Waals surface area contributed by atoms with Crippen LogP contribution in [0.3, 0.4) is 0 Å². The summed E-state index contributed by atoms with van der Waals surface area (Å²) >= 11 is 0. The Bertz CT molecular complexity index is 653. The number of alkyl halides is 3. The minimum atomic E-state index is -4.82. The lowest BCUT2D eigenvalue weighted by Gasteiger charge is -2.26. The van der Waals surface area contributed by atoms with Gasteiger partial charge in [-0.25, -0.2) is 0 Å². The van der Waals surface area contributed by atoms with Crippen molar-refractivity contribution in [1.29, 1.82) is 0 Å². The van der Waals surface area contributed by atoms with Gasteiger partial charge in [-0.1, -0.05) is 6.07 Å². The molecule has 0 fully saturated rings. The highest BCUT2D eigenvalue weighted by Gasteiger charge is 2.53. The lowest BCUT2D eigenvalue weighted by Crippen LogP contribution is -2.59. The number of rotatable bonds is 2. The van der Waals surface area contributed by atoms with Crippen LogP contribution < -0.4 is 11.1 Å². The molecule has 1 aromatic heterocycles. The van der Waals surface area contributed by atoms with Gasteiger partial charge in [0.05, 0.1) is 5.52 Å². The summed E-state index contributed by atoms with van der Waals surface area (Å²) in [6, 6.07) is 8.04. The molecule has 0 saturated carbocycles. The standard InChI is InChI=1S/C13H12F3N3O/c1-12(17,13(14,15)16)11(20)19-9-4-5-10-8(7-9)3-2-6-18-10/h2-7H,17H2,1H3,(H,19,20). The van der Waals surface area contributed by atoms with Crippen LogP contribution in [0.1, 0.15) is 6.92 Å². The number of halogens is 3. The smallest absolute Gasteiger partial charge is 0.324 e. The zero-order chi connectivity index (χ0) is 15.0. The number of amides is 1. The Hall–Kier alpha value is -2.15. The molecule has 2 aromatic rings. The van der Waals surface area contributed by atoms with Crippen LogP contribution in [-0.2, 0) is 4.79 Å². The van der Waals surface area contributed by atoms with E-state index in [1.165, 1.54) is 12.1 Å². The molecule has 0 aliphatic heterocycles. The minimum Gasteiger partial charge on any atom is -0.324 e. The number of nitrogens with two attached hydrogens (primary N) is 1. The third-order valence-electron chi connectivity index (χ3n) is 2.92. The number of carbonyl (C=O) groups excluding carboxylic acids is 1. The Morgan fingerprint density at radius 2 is 2.00 bits per heavy atom. The van der Waals surface area contributed by atoms with E-state index in [1.807, 2.05) is 0 Å². The van der Waals surface area contributed by atoms with E-state index in [-0.39, 0.29) is 5.69 Å². The first-order valence-electron chi connectivity index (χ1n) is 5.73. The summed E-state index contributed by atoms with van der Waals surface area (Å²) in [6.07, 6.45) is -3.23. The molecule has 106 valence electrons. The first-order valence-corrected chi connectivity index (χ1v) is 5.73. The molecular weight excluding hydrogens is 271 g/mol. The molecule has 1 aromatic carbocycles. The summed E-state index contributed by atoms with van der Waals surface area (Å²) in [4.78, 5) is 15.7. The van der Waals surface area contributed by atoms with Crippen molar-refractivity contribution in [2.45, 2.75) is 18.6 Å². The summed E-state index contributed by atoms with van der Waals surface area (Å²) < 4.78 is 37.9. The number of pyridine rings is 1. The van der Waals surface area contributed by atoms with Gasteiger partial charge in [0.2, 0.25) is 0 Å². The number of carbonyl (C=O) groups is 1. The van der Waals surface area contributed by atoms with Gasteiger partial charge in [-0.2, -0.15) is 13.2 Å². The van der Waals surface area contributed by atoms with E-state index in [1.54, 1.807) is 24.4 Å². The summed E-state index contributed by atoms with van der Waals surface area (Å²) in [7, 11) is 0. The van der Waals surface area contributed by atoms with E-state index in [4.69, 9.17) is 5.73 Å². The Balaban J connectivity index is 2.26. The van der Waals surface area contributed by atoms with E-state index in [0.717, 1.165) is 0 Å². The molecule has 1 amide bonds. The lowest BCUT2D eigenvalue weighted by molar-refractivity contribution is -0.184. The van der Waals surface area contributed by atoms with E-state index >= 15 is 0 Å². The molecule has 1 unspecified atom stereocenters. The Kier molecular flexibility index (Phi) is 3.39. The largest absolute Gasteiger partial charge is 0.415 e. The van der Waals surface area contributed by atoms with Gasteiger partial charge in [0.1, 0.15) is 0 Å². The van der Waals surface area contributed by atoms with Crippen LogP contribution in [0.15, 0.2) is 36.5 Å². The summed E-state index contributed by atoms with van der Waals surface area (Å²) in [5.41, 5.74) is 3.01. The van der Waals surface area contributed by atoms with Crippen molar-refractivity contribution >= 4 is 22.5 Å². The molecular formula is C13H12F3N3O. The van der Waals surface area contributed by atoms with Crippen LogP contribution in [0.25, 0.3) is 10.9 Å². The van der Waals surface area contributed by atoms with Gasteiger partial charge < -0.3 is 11.1 Å². The zero-order valence-corrected chi connectivity index (χ0v) is 10.5. The predicted octanol–water partition coefficient (Wildman–Crippen LogP) is 2.45. The number of nitrogens with one attached hydrogen (secondary N) is 1. The van der Waals surface area contributed by atoms with E-state index < -0.39 is 17.6 Å². The molecule has 0 radical (unpaired) electrons. The van der Waals surface area contributed by atoms with Crippen molar-refractivity contribution in [3.63, 3.8) is 0 Å². The first kappa shape index (κ1) is 14.3. The number of anilines is 1. The van der Waals surface area contributed by atoms with Gasteiger partial charge in [-0.3, -0.25) is 9.78 Å². The fourth-order valence-corrected chi connectivity index (χ4v) is 1.54. The molecule has 0 saturated heterocycles. The third-order valence-corrected chi connectivity index (χ3v) is 2.92. The number of hydrogen-bond donors (Lipinski definition) is 2. The van der Waals surface area contributed by atoms with Gasteiger partial charge in [-0.15, -0.1) is 0 Å². The van der Waals surface area contributed by atoms with E-state index in [0.29, 0.717) is 17.8 Å². The Morgan fingerprint density at radius 3 is 2.65 bits per heavy atom. The van der Waals surface area contributed by atoms with Gasteiger partial charge in [0, 0.05) is 17.3 Å². The monoisotopic (exact) mass is 283 g/mol. The van der Waals surface area contributed by atoms with Crippen molar-refractivity contribution in [2.75, 3.05) is 5.32 Å². The molecule has 3 N–H and O–H groups in total. The predicted molar refractivity (Wildman–Crippen MR) is 69.0 cm³/mol. The number of hydrogen-bond acceptors (Lipinski definition) is 3. The average molecular weight is 283 g/mol. The Morgan fingerprint density at radius 1 is 1.30 bits per heavy atom. The molecule has 0 aliphatic carbocycles. The highest BCUT2D eigenvalue weighted by atomic mass is 19.4. The molecule has 0 spiro atoms. The molecule has 0 bridgehead atoms. The Labute approximate surface area is 112 Å². The van der Waals surface area contributed by atoms with Gasteiger partial charge in [0.25, 0.3) is 5.91 Å². The van der Waals surface area contributed by atoms with Crippen LogP contribution in [0.2, 0.25) is 0 Å². The molecule has 1 atom stereocenters. The molecule has 2 rings (SSSR count). The summed E-state index contributed by atoms with van der Waals surface area (Å²) in [5, 5.41) is 2.87. The number of benzene rings is 1. The normalized spacial score (nSPS) is 14.8. The van der Waals surface area contributed by atoms with Crippen molar-refractivity contribution in [2.24, 2.45) is 5.73 Å². The van der Waals surface area contributed by atoms with Gasteiger partial charge in [0.15, 0.2) is 5.54 Å². The minimum absolute atomic E-state index is 0.233. The zero-order valence-electron chi connectivity index (χ0n) is 10.5. The SMILES string of the molecule is CC(N)(C(=O)Nc1ccc2ncccc2c1)C(F)(F)F. The van der Waals surface area contributed by atoms with Crippen LogP contribution in [-0.4, -0.2) is 22.6 Å². The highest BCUT2D eigenvalue weighted by Crippen LogP contribution is 2.29. The van der Waals surface area contributed by atoms with Crippen molar-refractivity contribution in [1.82, 2.24) is 4.98 Å². The lowest BCUT2D eigenvalue weighted by atomic mass is 10.0. The van der Waals surface area contributed by atoms with Crippen LogP contribution in [0.4, 0.5) is 18.9 Å². The van der Waals surface area contributed by atoms with Crippen molar-refractivity contribution in [3.8, 4) is 0 Å². The van der Waals surface area contributed by atoms with Gasteiger partial charge in [-0.05, 0) is 31.2 Å². The van der Waals surface area contributed by atoms with Crippen LogP contribution in [0, 0.1) is 0 Å². The van der Waals surface area contributed by atoms with E-state index in [9.17, 15) is 18.0 Å². The maximum atomic E-state index is 12.6. The maximum Gasteiger partial charge on any atom is 0.415 e. The molecule has 1 heterocycles. The van der Waals surface area contributed by atoms with Gasteiger partial charge >= 0.3 is 6.18 Å². The third kappa shape index (κ3) is 2.57. The van der Waals surface area contributed by atoms with Crippen LogP contribution >= 0.6 is 0 Å². The van der Waals surface area contributed by atoms with Crippen LogP contribution in [0.5, 0.6) is 0 Å². The number of nitrogens with zero attached hydrogens (tertiary/aromatic N) is 1. The molecule has 20 heavy (non-hydrogen) atoms. The van der Waals surface area contributed by atoms with E-state index in [2.05, 4.69) is 10.3 Å². The van der Waals surface area contributed by atoms with Crippen molar-refractivity contribution < 1.29 is 18.0 Å². The first-order chi connectivity index (χ1) is 9.22. The molecule has 4 nitrogen and oxygen atoms in total. The summed E-state index contributed by atoms with van der Waals surface area (Å²) in [6.45, 7) is 0.630. The second kappa shape index (κ2) is 4.75. The molecule has 7 heteroatoms. The molecule has 0 aliphatic rings. The average Bonchev–Trinajstić information content (AvgIpc) is 2.37. The second-order valence-electron chi connectivity index (χ2n) is 4.57. The fraction of sp³-hybridized carbons (Fsp3) is 0.231. The maximum absolute atomic E-state index is 12.6. The second-order valence-corrected chi connectivity index (χ2v) is 4.57. The topological polar surface area (TPSA) is 68.0 Å². The summed E-state index contributed by atoms with van der Waals surface area (Å²) in [5.74, 6) is -1.31. The number of fused-ring (bicyclic) bond motifs is 1. The van der Waals surface area contributed by atoms with Crippen molar-refractivity contribution in [3.05, 3.63) is 36.5 Å². The number of aromatic nitrogens is 1. The fourth-order valence-electron chi connectivity index (χ4n) is 1.54. The quantitative estimate of drug-likeness (QED) is 0.889.